The van der Waals surface area contributed by atoms with Crippen molar-refractivity contribution in [3.05, 3.63) is 42.0 Å². The van der Waals surface area contributed by atoms with Gasteiger partial charge >= 0.3 is 0 Å². The van der Waals surface area contributed by atoms with Crippen molar-refractivity contribution in [2.24, 2.45) is 0 Å². The van der Waals surface area contributed by atoms with Crippen molar-refractivity contribution in [3.8, 4) is 0 Å². The molecule has 0 unspecified atom stereocenters. The minimum Gasteiger partial charge on any atom is -0.385 e. The Balaban J connectivity index is 2.02. The Morgan fingerprint density at radius 1 is 0.960 bits per heavy atom. The van der Waals surface area contributed by atoms with Crippen LogP contribution in [0.5, 0.6) is 0 Å². The molecule has 1 aliphatic heterocycles. The summed E-state index contributed by atoms with van der Waals surface area (Å²) in [7, 11) is -7.08. The monoisotopic (exact) mass is 380 g/mol. The lowest BCUT2D eigenvalue weighted by Gasteiger charge is -2.19. The zero-order valence-electron chi connectivity index (χ0n) is 14.0. The summed E-state index contributed by atoms with van der Waals surface area (Å²) >= 11 is 0. The molecular formula is C17H20N2O4S2. The van der Waals surface area contributed by atoms with Crippen LogP contribution in [0.2, 0.25) is 0 Å². The fourth-order valence-electron chi connectivity index (χ4n) is 2.85. The van der Waals surface area contributed by atoms with Gasteiger partial charge in [-0.3, -0.25) is 0 Å². The van der Waals surface area contributed by atoms with E-state index in [9.17, 15) is 16.8 Å². The Morgan fingerprint density at radius 3 is 2.40 bits per heavy atom. The van der Waals surface area contributed by atoms with E-state index in [0.29, 0.717) is 5.69 Å². The molecule has 0 saturated carbocycles. The summed E-state index contributed by atoms with van der Waals surface area (Å²) in [5.74, 6) is 0. The van der Waals surface area contributed by atoms with Gasteiger partial charge in [-0.1, -0.05) is 0 Å². The number of aryl methyl sites for hydroxylation is 1. The van der Waals surface area contributed by atoms with Crippen molar-refractivity contribution in [1.82, 2.24) is 0 Å². The van der Waals surface area contributed by atoms with Crippen LogP contribution in [0.15, 0.2) is 46.2 Å². The van der Waals surface area contributed by atoms with Gasteiger partial charge in [-0.15, -0.1) is 0 Å². The van der Waals surface area contributed by atoms with Crippen molar-refractivity contribution in [2.45, 2.75) is 22.6 Å². The maximum atomic E-state index is 12.1. The Labute approximate surface area is 148 Å². The third kappa shape index (κ3) is 3.96. The zero-order chi connectivity index (χ0) is 18.2. The van der Waals surface area contributed by atoms with Crippen molar-refractivity contribution >= 4 is 36.7 Å². The van der Waals surface area contributed by atoms with Crippen LogP contribution in [0.4, 0.5) is 17.1 Å². The van der Waals surface area contributed by atoms with Crippen LogP contribution in [0.25, 0.3) is 0 Å². The van der Waals surface area contributed by atoms with Gasteiger partial charge in [0, 0.05) is 30.4 Å². The summed E-state index contributed by atoms with van der Waals surface area (Å²) in [6.45, 7) is 0.949. The summed E-state index contributed by atoms with van der Waals surface area (Å²) in [6.07, 6.45) is 4.13. The summed E-state index contributed by atoms with van der Waals surface area (Å²) < 4.78 is 47.7. The van der Waals surface area contributed by atoms with Gasteiger partial charge in [-0.05, 0) is 54.8 Å². The smallest absolute Gasteiger partial charge is 0.177 e. The highest BCUT2D eigenvalue weighted by atomic mass is 32.2. The summed E-state index contributed by atoms with van der Waals surface area (Å²) in [4.78, 5) is -0.0561. The molecule has 6 nitrogen and oxygen atoms in total. The van der Waals surface area contributed by atoms with Gasteiger partial charge < -0.3 is 10.6 Å². The lowest BCUT2D eigenvalue weighted by atomic mass is 10.0. The number of anilines is 3. The van der Waals surface area contributed by atoms with Crippen molar-refractivity contribution in [3.63, 3.8) is 0 Å². The maximum Gasteiger partial charge on any atom is 0.177 e. The number of hydrogen-bond acceptors (Lipinski definition) is 6. The molecule has 0 radical (unpaired) electrons. The number of fused-ring (bicyclic) bond motifs is 1. The minimum absolute atomic E-state index is 0.0203. The van der Waals surface area contributed by atoms with Gasteiger partial charge in [-0.25, -0.2) is 16.8 Å². The highest BCUT2D eigenvalue weighted by molar-refractivity contribution is 7.91. The number of nitrogens with one attached hydrogen (secondary N) is 2. The van der Waals surface area contributed by atoms with Crippen LogP contribution >= 0.6 is 0 Å². The van der Waals surface area contributed by atoms with Crippen LogP contribution in [-0.4, -0.2) is 35.9 Å². The summed E-state index contributed by atoms with van der Waals surface area (Å²) in [5.41, 5.74) is 3.38. The van der Waals surface area contributed by atoms with Crippen molar-refractivity contribution in [2.75, 3.05) is 29.7 Å². The molecular weight excluding hydrogens is 360 g/mol. The van der Waals surface area contributed by atoms with Crippen LogP contribution in [-0.2, 0) is 26.1 Å². The van der Waals surface area contributed by atoms with E-state index < -0.39 is 19.7 Å². The second-order valence-electron chi connectivity index (χ2n) is 6.23. The van der Waals surface area contributed by atoms with Gasteiger partial charge in [0.05, 0.1) is 15.5 Å². The molecule has 1 heterocycles. The molecule has 25 heavy (non-hydrogen) atoms. The highest BCUT2D eigenvalue weighted by Crippen LogP contribution is 2.31. The SMILES string of the molecule is CS(=O)(=O)c1ccc(Nc2ccc3c(c2)CCCN3)c(S(C)(=O)=O)c1. The van der Waals surface area contributed by atoms with Gasteiger partial charge in [-0.2, -0.15) is 0 Å². The van der Waals surface area contributed by atoms with Crippen LogP contribution in [0, 0.1) is 0 Å². The number of rotatable bonds is 4. The Bertz CT molecular complexity index is 1030. The molecule has 8 heteroatoms. The first-order chi connectivity index (χ1) is 11.6. The molecule has 3 rings (SSSR count). The van der Waals surface area contributed by atoms with E-state index in [1.165, 1.54) is 23.8 Å². The third-order valence-electron chi connectivity index (χ3n) is 4.10. The topological polar surface area (TPSA) is 92.3 Å². The summed E-state index contributed by atoms with van der Waals surface area (Å²) in [6, 6.07) is 9.91. The van der Waals surface area contributed by atoms with E-state index in [1.807, 2.05) is 18.2 Å². The molecule has 0 aliphatic carbocycles. The normalized spacial score (nSPS) is 14.5. The molecule has 0 fully saturated rings. The average Bonchev–Trinajstić information content (AvgIpc) is 2.53. The highest BCUT2D eigenvalue weighted by Gasteiger charge is 2.18. The molecule has 0 saturated heterocycles. The number of sulfone groups is 2. The molecule has 2 N–H and O–H groups in total. The molecule has 0 amide bonds. The van der Waals surface area contributed by atoms with Gasteiger partial charge in [0.1, 0.15) is 0 Å². The van der Waals surface area contributed by atoms with Crippen molar-refractivity contribution < 1.29 is 16.8 Å². The fraction of sp³-hybridized carbons (Fsp3) is 0.294. The first-order valence-corrected chi connectivity index (χ1v) is 11.6. The standard InChI is InChI=1S/C17H20N2O4S2/c1-24(20,21)14-6-8-16(17(11-14)25(2,22)23)19-13-5-7-15-12(10-13)4-3-9-18-15/h5-8,10-11,18-19H,3-4,9H2,1-2H3. The largest absolute Gasteiger partial charge is 0.385 e. The third-order valence-corrected chi connectivity index (χ3v) is 6.35. The fourth-order valence-corrected chi connectivity index (χ4v) is 4.43. The molecule has 2 aromatic rings. The molecule has 1 aliphatic rings. The average molecular weight is 380 g/mol. The molecule has 134 valence electrons. The van der Waals surface area contributed by atoms with Crippen molar-refractivity contribution in [1.29, 1.82) is 0 Å². The van der Waals surface area contributed by atoms with E-state index in [0.717, 1.165) is 43.3 Å². The van der Waals surface area contributed by atoms with Crippen LogP contribution < -0.4 is 10.6 Å². The second kappa shape index (κ2) is 6.34. The number of hydrogen-bond donors (Lipinski definition) is 2. The van der Waals surface area contributed by atoms with E-state index in [4.69, 9.17) is 0 Å². The predicted octanol–water partition coefficient (Wildman–Crippen LogP) is 2.60. The predicted molar refractivity (Wildman–Crippen MR) is 99.2 cm³/mol. The Kier molecular flexibility index (Phi) is 4.51. The molecule has 0 spiro atoms. The summed E-state index contributed by atoms with van der Waals surface area (Å²) in [5, 5.41) is 6.43. The molecule has 0 bridgehead atoms. The van der Waals surface area contributed by atoms with E-state index in [1.54, 1.807) is 0 Å². The van der Waals surface area contributed by atoms with Gasteiger partial charge in [0.25, 0.3) is 0 Å². The first kappa shape index (κ1) is 17.8. The van der Waals surface area contributed by atoms with Crippen LogP contribution in [0.3, 0.4) is 0 Å². The van der Waals surface area contributed by atoms with E-state index >= 15 is 0 Å². The quantitative estimate of drug-likeness (QED) is 0.847. The van der Waals surface area contributed by atoms with Crippen LogP contribution in [0.1, 0.15) is 12.0 Å². The van der Waals surface area contributed by atoms with Gasteiger partial charge in [0.15, 0.2) is 19.7 Å². The number of benzene rings is 2. The minimum atomic E-state index is -3.59. The zero-order valence-corrected chi connectivity index (χ0v) is 15.7. The molecule has 0 aromatic heterocycles. The van der Waals surface area contributed by atoms with E-state index in [2.05, 4.69) is 10.6 Å². The van der Waals surface area contributed by atoms with E-state index in [-0.39, 0.29) is 9.79 Å². The lowest BCUT2D eigenvalue weighted by Crippen LogP contribution is -2.12. The Morgan fingerprint density at radius 2 is 1.72 bits per heavy atom. The maximum absolute atomic E-state index is 12.1. The Hall–Kier alpha value is -2.06. The second-order valence-corrected chi connectivity index (χ2v) is 10.2. The molecule has 0 atom stereocenters. The lowest BCUT2D eigenvalue weighted by molar-refractivity contribution is 0.600. The first-order valence-electron chi connectivity index (χ1n) is 7.82. The van der Waals surface area contributed by atoms with Gasteiger partial charge in [0.2, 0.25) is 0 Å². The molecule has 2 aromatic carbocycles.